The summed E-state index contributed by atoms with van der Waals surface area (Å²) in [4.78, 5) is 28.2. The Morgan fingerprint density at radius 3 is 2.68 bits per heavy atom. The Balaban J connectivity index is 1.77. The van der Waals surface area contributed by atoms with Crippen molar-refractivity contribution < 1.29 is 14.7 Å². The molecule has 148 valence electrons. The average molecular weight is 384 g/mol. The van der Waals surface area contributed by atoms with E-state index in [0.29, 0.717) is 24.2 Å². The number of aromatic nitrogens is 1. The van der Waals surface area contributed by atoms with Gasteiger partial charge in [-0.15, -0.1) is 0 Å². The fourth-order valence-electron chi connectivity index (χ4n) is 2.40. The predicted octanol–water partition coefficient (Wildman–Crippen LogP) is -0.386. The second-order valence-electron chi connectivity index (χ2n) is 6.01. The van der Waals surface area contributed by atoms with E-state index in [1.165, 1.54) is 0 Å². The molecule has 2 rings (SSSR count). The van der Waals surface area contributed by atoms with Crippen LogP contribution in [-0.4, -0.2) is 53.5 Å². The molecule has 1 aromatic heterocycles. The summed E-state index contributed by atoms with van der Waals surface area (Å²) in [7, 11) is 0. The van der Waals surface area contributed by atoms with Crippen LogP contribution < -0.4 is 21.7 Å². The lowest BCUT2D eigenvalue weighted by molar-refractivity contribution is -0.127. The number of rotatable bonds is 10. The summed E-state index contributed by atoms with van der Waals surface area (Å²) in [5.74, 6) is -0.953. The zero-order chi connectivity index (χ0) is 20.4. The lowest BCUT2D eigenvalue weighted by atomic mass is 10.1. The lowest BCUT2D eigenvalue weighted by Crippen LogP contribution is -2.46. The Labute approximate surface area is 162 Å². The molecule has 0 radical (unpaired) electrons. The molecule has 0 saturated heterocycles. The molecule has 0 aliphatic heterocycles. The van der Waals surface area contributed by atoms with E-state index in [0.717, 1.165) is 5.69 Å². The lowest BCUT2D eigenvalue weighted by Gasteiger charge is -2.17. The predicted molar refractivity (Wildman–Crippen MR) is 106 cm³/mol. The molecule has 1 unspecified atom stereocenters. The van der Waals surface area contributed by atoms with Gasteiger partial charge in [-0.3, -0.25) is 20.0 Å². The number of benzene rings is 1. The zero-order valence-corrected chi connectivity index (χ0v) is 15.3. The topological polar surface area (TPSA) is 153 Å². The molecule has 0 aliphatic rings. The maximum atomic E-state index is 12.2. The van der Waals surface area contributed by atoms with Crippen LogP contribution in [0.5, 0.6) is 0 Å². The largest absolute Gasteiger partial charge is 0.394 e. The highest BCUT2D eigenvalue weighted by molar-refractivity contribution is 5.96. The number of aliphatic hydroxyl groups excluding tert-OH is 1. The van der Waals surface area contributed by atoms with Gasteiger partial charge >= 0.3 is 0 Å². The first-order valence-corrected chi connectivity index (χ1v) is 8.75. The van der Waals surface area contributed by atoms with Gasteiger partial charge in [-0.2, -0.15) is 0 Å². The summed E-state index contributed by atoms with van der Waals surface area (Å²) >= 11 is 0. The molecule has 0 fully saturated rings. The van der Waals surface area contributed by atoms with Gasteiger partial charge in [-0.25, -0.2) is 0 Å². The molecule has 1 heterocycles. The maximum Gasteiger partial charge on any atom is 0.245 e. The van der Waals surface area contributed by atoms with Crippen LogP contribution in [0.4, 0.5) is 5.69 Å². The summed E-state index contributed by atoms with van der Waals surface area (Å²) in [6, 6.07) is 11.3. The summed E-state index contributed by atoms with van der Waals surface area (Å²) in [6.45, 7) is -0.255. The van der Waals surface area contributed by atoms with Gasteiger partial charge in [0, 0.05) is 36.1 Å². The molecule has 9 nitrogen and oxygen atoms in total. The molecule has 9 heteroatoms. The molecular weight excluding hydrogens is 360 g/mol. The number of hydrogen-bond acceptors (Lipinski definition) is 6. The van der Waals surface area contributed by atoms with Crippen LogP contribution in [0, 0.1) is 5.41 Å². The quantitative estimate of drug-likeness (QED) is 0.242. The number of amides is 2. The minimum absolute atomic E-state index is 0.101. The number of carbonyl (C=O) groups is 2. The van der Waals surface area contributed by atoms with Crippen LogP contribution in [-0.2, 0) is 16.0 Å². The highest BCUT2D eigenvalue weighted by atomic mass is 16.3. The first-order chi connectivity index (χ1) is 13.5. The van der Waals surface area contributed by atoms with Crippen LogP contribution >= 0.6 is 0 Å². The number of nitrogens with one attached hydrogen (secondary N) is 4. The average Bonchev–Trinajstić information content (AvgIpc) is 2.71. The molecule has 0 aliphatic carbocycles. The van der Waals surface area contributed by atoms with Gasteiger partial charge in [0.05, 0.1) is 13.2 Å². The Morgan fingerprint density at radius 1 is 1.18 bits per heavy atom. The molecule has 0 bridgehead atoms. The van der Waals surface area contributed by atoms with Crippen molar-refractivity contribution in [2.75, 3.05) is 25.0 Å². The van der Waals surface area contributed by atoms with Crippen molar-refractivity contribution in [1.29, 1.82) is 5.41 Å². The Bertz CT molecular complexity index is 812. The normalized spacial score (nSPS) is 11.3. The van der Waals surface area contributed by atoms with Gasteiger partial charge in [-0.05, 0) is 24.3 Å². The zero-order valence-electron chi connectivity index (χ0n) is 15.3. The van der Waals surface area contributed by atoms with E-state index >= 15 is 0 Å². The number of hydrogen-bond donors (Lipinski definition) is 6. The summed E-state index contributed by atoms with van der Waals surface area (Å²) in [6.07, 6.45) is 2.28. The number of nitrogens with zero attached hydrogens (tertiary/aromatic N) is 1. The second kappa shape index (κ2) is 10.6. The van der Waals surface area contributed by atoms with Crippen LogP contribution in [0.15, 0.2) is 48.7 Å². The Hall–Kier alpha value is -3.46. The van der Waals surface area contributed by atoms with Crippen molar-refractivity contribution in [1.82, 2.24) is 15.6 Å². The number of pyridine rings is 1. The SMILES string of the molecule is N=C(N)c1cccc(NC(CO)C(=O)NCC(=O)NCCc2ccccn2)c1. The molecule has 7 N–H and O–H groups in total. The van der Waals surface area contributed by atoms with E-state index in [1.807, 2.05) is 18.2 Å². The standard InChI is InChI=1S/C19H24N6O3/c20-18(21)13-4-3-6-15(10-13)25-16(12-26)19(28)24-11-17(27)23-9-7-14-5-1-2-8-22-14/h1-6,8,10,16,25-26H,7,9,11-12H2,(H3,20,21)(H,23,27)(H,24,28). The maximum absolute atomic E-state index is 12.2. The minimum Gasteiger partial charge on any atom is -0.394 e. The molecule has 2 amide bonds. The van der Waals surface area contributed by atoms with E-state index in [4.69, 9.17) is 11.1 Å². The third-order valence-corrected chi connectivity index (χ3v) is 3.87. The van der Waals surface area contributed by atoms with Crippen molar-refractivity contribution >= 4 is 23.3 Å². The molecule has 1 atom stereocenters. The molecular formula is C19H24N6O3. The summed E-state index contributed by atoms with van der Waals surface area (Å²) in [5, 5.41) is 25.0. The molecule has 1 aromatic carbocycles. The van der Waals surface area contributed by atoms with Crippen molar-refractivity contribution in [3.63, 3.8) is 0 Å². The monoisotopic (exact) mass is 384 g/mol. The molecule has 28 heavy (non-hydrogen) atoms. The summed E-state index contributed by atoms with van der Waals surface area (Å²) in [5.41, 5.74) is 7.33. The Kier molecular flexibility index (Phi) is 7.92. The van der Waals surface area contributed by atoms with Gasteiger partial charge in [0.25, 0.3) is 0 Å². The van der Waals surface area contributed by atoms with Crippen molar-refractivity contribution in [2.24, 2.45) is 5.73 Å². The third kappa shape index (κ3) is 6.69. The fraction of sp³-hybridized carbons (Fsp3) is 0.263. The highest BCUT2D eigenvalue weighted by Gasteiger charge is 2.18. The number of anilines is 1. The third-order valence-electron chi connectivity index (χ3n) is 3.87. The number of amidine groups is 1. The molecule has 0 saturated carbocycles. The van der Waals surface area contributed by atoms with E-state index in [1.54, 1.807) is 30.5 Å². The van der Waals surface area contributed by atoms with E-state index in [9.17, 15) is 14.7 Å². The Morgan fingerprint density at radius 2 is 2.00 bits per heavy atom. The number of carbonyl (C=O) groups excluding carboxylic acids is 2. The van der Waals surface area contributed by atoms with E-state index in [2.05, 4.69) is 20.9 Å². The smallest absolute Gasteiger partial charge is 0.245 e. The number of nitrogen functional groups attached to an aromatic ring is 1. The van der Waals surface area contributed by atoms with E-state index < -0.39 is 18.6 Å². The molecule has 0 spiro atoms. The summed E-state index contributed by atoms with van der Waals surface area (Å²) < 4.78 is 0. The van der Waals surface area contributed by atoms with Crippen molar-refractivity contribution in [3.05, 3.63) is 59.9 Å². The van der Waals surface area contributed by atoms with Crippen LogP contribution in [0.3, 0.4) is 0 Å². The molecule has 2 aromatic rings. The first-order valence-electron chi connectivity index (χ1n) is 8.75. The van der Waals surface area contributed by atoms with Crippen LogP contribution in [0.25, 0.3) is 0 Å². The van der Waals surface area contributed by atoms with Gasteiger partial charge in [0.1, 0.15) is 11.9 Å². The fourth-order valence-corrected chi connectivity index (χ4v) is 2.40. The second-order valence-corrected chi connectivity index (χ2v) is 6.01. The first kappa shape index (κ1) is 20.8. The van der Waals surface area contributed by atoms with Crippen LogP contribution in [0.2, 0.25) is 0 Å². The highest BCUT2D eigenvalue weighted by Crippen LogP contribution is 2.11. The van der Waals surface area contributed by atoms with Crippen molar-refractivity contribution in [2.45, 2.75) is 12.5 Å². The van der Waals surface area contributed by atoms with E-state index in [-0.39, 0.29) is 18.3 Å². The number of nitrogens with two attached hydrogens (primary N) is 1. The van der Waals surface area contributed by atoms with Crippen molar-refractivity contribution in [3.8, 4) is 0 Å². The van der Waals surface area contributed by atoms with Gasteiger partial charge in [0.2, 0.25) is 11.8 Å². The van der Waals surface area contributed by atoms with Gasteiger partial charge < -0.3 is 26.8 Å². The minimum atomic E-state index is -0.941. The number of aliphatic hydroxyl groups is 1. The van der Waals surface area contributed by atoms with Gasteiger partial charge in [-0.1, -0.05) is 18.2 Å². The van der Waals surface area contributed by atoms with Gasteiger partial charge in [0.15, 0.2) is 0 Å². The van der Waals surface area contributed by atoms with Crippen LogP contribution in [0.1, 0.15) is 11.3 Å².